The molecule has 0 radical (unpaired) electrons. The van der Waals surface area contributed by atoms with Crippen LogP contribution in [0.25, 0.3) is 0 Å². The van der Waals surface area contributed by atoms with Crippen LogP contribution in [0.15, 0.2) is 12.4 Å². The molecule has 0 bridgehead atoms. The Bertz CT molecular complexity index is 335. The van der Waals surface area contributed by atoms with Gasteiger partial charge in [0.25, 0.3) is 0 Å². The molecule has 1 aromatic heterocycles. The molecule has 0 aliphatic heterocycles. The summed E-state index contributed by atoms with van der Waals surface area (Å²) in [6, 6.07) is 0.375. The molecule has 1 N–H and O–H groups in total. The molecule has 2 atom stereocenters. The van der Waals surface area contributed by atoms with Crippen molar-refractivity contribution in [3.8, 4) is 0 Å². The van der Waals surface area contributed by atoms with Crippen LogP contribution in [0.1, 0.15) is 53.1 Å². The molecular formula is C14H27N3. The molecule has 3 heteroatoms. The summed E-state index contributed by atoms with van der Waals surface area (Å²) < 4.78 is 1.97. The minimum atomic E-state index is 0.361. The van der Waals surface area contributed by atoms with E-state index in [0.717, 1.165) is 13.1 Å². The third-order valence-electron chi connectivity index (χ3n) is 3.69. The lowest BCUT2D eigenvalue weighted by atomic mass is 9.82. The van der Waals surface area contributed by atoms with E-state index in [-0.39, 0.29) is 0 Å². The predicted molar refractivity (Wildman–Crippen MR) is 72.9 cm³/mol. The first kappa shape index (κ1) is 14.2. The standard InChI is InChI=1S/C14H27N3/c1-7-17-10-13(9-16-17)12(3)15-8-11(2)14(4,5)6/h9-12,15H,7-8H2,1-6H3. The summed E-state index contributed by atoms with van der Waals surface area (Å²) in [6.45, 7) is 15.5. The first-order valence-corrected chi connectivity index (χ1v) is 6.60. The number of hydrogen-bond donors (Lipinski definition) is 1. The quantitative estimate of drug-likeness (QED) is 0.852. The van der Waals surface area contributed by atoms with Crippen molar-refractivity contribution < 1.29 is 0 Å². The van der Waals surface area contributed by atoms with Gasteiger partial charge in [0.2, 0.25) is 0 Å². The third-order valence-corrected chi connectivity index (χ3v) is 3.69. The fraction of sp³-hybridized carbons (Fsp3) is 0.786. The largest absolute Gasteiger partial charge is 0.310 e. The molecule has 0 aliphatic carbocycles. The third kappa shape index (κ3) is 4.15. The molecule has 0 spiro atoms. The van der Waals surface area contributed by atoms with Crippen molar-refractivity contribution in [2.24, 2.45) is 11.3 Å². The molecule has 1 heterocycles. The van der Waals surface area contributed by atoms with Gasteiger partial charge in [-0.15, -0.1) is 0 Å². The van der Waals surface area contributed by atoms with E-state index in [0.29, 0.717) is 17.4 Å². The van der Waals surface area contributed by atoms with Crippen LogP contribution in [0.5, 0.6) is 0 Å². The van der Waals surface area contributed by atoms with Crippen LogP contribution >= 0.6 is 0 Å². The van der Waals surface area contributed by atoms with Crippen LogP contribution in [0.2, 0.25) is 0 Å². The number of aromatic nitrogens is 2. The van der Waals surface area contributed by atoms with Crippen molar-refractivity contribution in [1.29, 1.82) is 0 Å². The monoisotopic (exact) mass is 237 g/mol. The second kappa shape index (κ2) is 5.67. The Kier molecular flexibility index (Phi) is 4.75. The lowest BCUT2D eigenvalue weighted by molar-refractivity contribution is 0.247. The topological polar surface area (TPSA) is 29.9 Å². The van der Waals surface area contributed by atoms with E-state index in [1.807, 2.05) is 10.9 Å². The van der Waals surface area contributed by atoms with Gasteiger partial charge in [-0.05, 0) is 31.7 Å². The lowest BCUT2D eigenvalue weighted by Gasteiger charge is -2.28. The number of rotatable bonds is 5. The second-order valence-electron chi connectivity index (χ2n) is 6.03. The average molecular weight is 237 g/mol. The Balaban J connectivity index is 2.47. The van der Waals surface area contributed by atoms with E-state index in [4.69, 9.17) is 0 Å². The smallest absolute Gasteiger partial charge is 0.0537 e. The summed E-state index contributed by atoms with van der Waals surface area (Å²) in [5.41, 5.74) is 1.63. The molecule has 2 unspecified atom stereocenters. The first-order chi connectivity index (χ1) is 7.84. The Hall–Kier alpha value is -0.830. The van der Waals surface area contributed by atoms with E-state index in [1.54, 1.807) is 0 Å². The summed E-state index contributed by atoms with van der Waals surface area (Å²) in [7, 11) is 0. The molecule has 1 rings (SSSR count). The minimum Gasteiger partial charge on any atom is -0.310 e. The zero-order valence-corrected chi connectivity index (χ0v) is 12.1. The van der Waals surface area contributed by atoms with Gasteiger partial charge in [-0.2, -0.15) is 5.10 Å². The van der Waals surface area contributed by atoms with Crippen LogP contribution in [-0.2, 0) is 6.54 Å². The van der Waals surface area contributed by atoms with Crippen molar-refractivity contribution >= 4 is 0 Å². The zero-order chi connectivity index (χ0) is 13.1. The molecule has 0 saturated heterocycles. The molecule has 17 heavy (non-hydrogen) atoms. The summed E-state index contributed by atoms with van der Waals surface area (Å²) in [5, 5.41) is 7.90. The van der Waals surface area contributed by atoms with Crippen molar-refractivity contribution in [3.05, 3.63) is 18.0 Å². The van der Waals surface area contributed by atoms with E-state index < -0.39 is 0 Å². The fourth-order valence-electron chi connectivity index (χ4n) is 1.55. The Morgan fingerprint density at radius 3 is 2.47 bits per heavy atom. The first-order valence-electron chi connectivity index (χ1n) is 6.60. The molecule has 98 valence electrons. The highest BCUT2D eigenvalue weighted by atomic mass is 15.3. The number of aryl methyl sites for hydroxylation is 1. The number of nitrogens with zero attached hydrogens (tertiary/aromatic N) is 2. The molecule has 0 saturated carbocycles. The van der Waals surface area contributed by atoms with Gasteiger partial charge in [0.1, 0.15) is 0 Å². The maximum atomic E-state index is 4.31. The van der Waals surface area contributed by atoms with Gasteiger partial charge in [0.15, 0.2) is 0 Å². The van der Waals surface area contributed by atoms with Gasteiger partial charge in [-0.1, -0.05) is 27.7 Å². The summed E-state index contributed by atoms with van der Waals surface area (Å²) in [6.07, 6.45) is 4.09. The minimum absolute atomic E-state index is 0.361. The van der Waals surface area contributed by atoms with Gasteiger partial charge in [0.05, 0.1) is 6.20 Å². The molecule has 0 fully saturated rings. The predicted octanol–water partition coefficient (Wildman–Crippen LogP) is 3.24. The van der Waals surface area contributed by atoms with Crippen molar-refractivity contribution in [1.82, 2.24) is 15.1 Å². The average Bonchev–Trinajstić information content (AvgIpc) is 2.72. The van der Waals surface area contributed by atoms with Crippen LogP contribution in [0, 0.1) is 11.3 Å². The summed E-state index contributed by atoms with van der Waals surface area (Å²) in [5.74, 6) is 0.658. The maximum Gasteiger partial charge on any atom is 0.0537 e. The van der Waals surface area contributed by atoms with Gasteiger partial charge < -0.3 is 5.32 Å². The number of nitrogens with one attached hydrogen (secondary N) is 1. The van der Waals surface area contributed by atoms with E-state index in [1.165, 1.54) is 5.56 Å². The Morgan fingerprint density at radius 1 is 1.35 bits per heavy atom. The van der Waals surface area contributed by atoms with Crippen LogP contribution in [0.4, 0.5) is 0 Å². The molecular weight excluding hydrogens is 210 g/mol. The van der Waals surface area contributed by atoms with E-state index in [2.05, 4.69) is 58.2 Å². The highest BCUT2D eigenvalue weighted by Crippen LogP contribution is 2.25. The SMILES string of the molecule is CCn1cc(C(C)NCC(C)C(C)(C)C)cn1. The van der Waals surface area contributed by atoms with Gasteiger partial charge in [-0.3, -0.25) is 4.68 Å². The lowest BCUT2D eigenvalue weighted by Crippen LogP contribution is -2.31. The Morgan fingerprint density at radius 2 is 2.00 bits per heavy atom. The van der Waals surface area contributed by atoms with E-state index >= 15 is 0 Å². The number of hydrogen-bond acceptors (Lipinski definition) is 2. The molecule has 0 aliphatic rings. The normalized spacial score (nSPS) is 15.9. The Labute approximate surface area is 106 Å². The van der Waals surface area contributed by atoms with Gasteiger partial charge in [0, 0.05) is 24.3 Å². The zero-order valence-electron chi connectivity index (χ0n) is 12.1. The van der Waals surface area contributed by atoms with E-state index in [9.17, 15) is 0 Å². The molecule has 1 aromatic rings. The van der Waals surface area contributed by atoms with Crippen molar-refractivity contribution in [3.63, 3.8) is 0 Å². The summed E-state index contributed by atoms with van der Waals surface area (Å²) >= 11 is 0. The van der Waals surface area contributed by atoms with Crippen LogP contribution < -0.4 is 5.32 Å². The van der Waals surface area contributed by atoms with Crippen LogP contribution in [0.3, 0.4) is 0 Å². The van der Waals surface area contributed by atoms with Gasteiger partial charge >= 0.3 is 0 Å². The molecule has 0 aromatic carbocycles. The fourth-order valence-corrected chi connectivity index (χ4v) is 1.55. The van der Waals surface area contributed by atoms with Crippen LogP contribution in [-0.4, -0.2) is 16.3 Å². The highest BCUT2D eigenvalue weighted by molar-refractivity contribution is 5.09. The molecule has 0 amide bonds. The maximum absolute atomic E-state index is 4.31. The van der Waals surface area contributed by atoms with Crippen molar-refractivity contribution in [2.75, 3.05) is 6.54 Å². The molecule has 3 nitrogen and oxygen atoms in total. The highest BCUT2D eigenvalue weighted by Gasteiger charge is 2.20. The second-order valence-corrected chi connectivity index (χ2v) is 6.03. The van der Waals surface area contributed by atoms with Gasteiger partial charge in [-0.25, -0.2) is 0 Å². The summed E-state index contributed by atoms with van der Waals surface area (Å²) in [4.78, 5) is 0. The van der Waals surface area contributed by atoms with Crippen molar-refractivity contribution in [2.45, 2.75) is 54.1 Å².